The Morgan fingerprint density at radius 2 is 2.19 bits per heavy atom. The van der Waals surface area contributed by atoms with Gasteiger partial charge in [0.15, 0.2) is 0 Å². The van der Waals surface area contributed by atoms with Crippen molar-refractivity contribution in [2.45, 2.75) is 32.1 Å². The third-order valence-corrected chi connectivity index (χ3v) is 6.09. The van der Waals surface area contributed by atoms with E-state index >= 15 is 0 Å². The van der Waals surface area contributed by atoms with Crippen molar-refractivity contribution >= 4 is 17.5 Å². The second kappa shape index (κ2) is 8.59. The molecule has 2 fully saturated rings. The number of nitrogens with two attached hydrogens (primary N) is 1. The van der Waals surface area contributed by atoms with Crippen LogP contribution in [0.15, 0.2) is 18.2 Å². The fraction of sp³-hybridized carbons (Fsp3) is 0.650. The fourth-order valence-electron chi connectivity index (χ4n) is 4.24. The molecule has 3 rings (SSSR count). The van der Waals surface area contributed by atoms with Crippen molar-refractivity contribution in [3.63, 3.8) is 0 Å². The topological polar surface area (TPSA) is 64.8 Å². The predicted octanol–water partition coefficient (Wildman–Crippen LogP) is 2.89. The zero-order valence-corrected chi connectivity index (χ0v) is 16.3. The molecule has 5 nitrogen and oxygen atoms in total. The van der Waals surface area contributed by atoms with Crippen molar-refractivity contribution in [1.82, 2.24) is 4.90 Å². The number of amides is 1. The maximum Gasteiger partial charge on any atom is 0.230 e. The number of carbonyl (C=O) groups excluding carboxylic acids is 1. The Hall–Kier alpha value is -1.30. The van der Waals surface area contributed by atoms with Crippen LogP contribution in [0.2, 0.25) is 5.02 Å². The van der Waals surface area contributed by atoms with Gasteiger partial charge in [0.05, 0.1) is 12.5 Å². The summed E-state index contributed by atoms with van der Waals surface area (Å²) >= 11 is 6.16. The molecule has 144 valence electrons. The first-order valence-electron chi connectivity index (χ1n) is 9.47. The molecule has 26 heavy (non-hydrogen) atoms. The number of hydrogen-bond acceptors (Lipinski definition) is 4. The van der Waals surface area contributed by atoms with Gasteiger partial charge in [-0.05, 0) is 61.8 Å². The summed E-state index contributed by atoms with van der Waals surface area (Å²) in [7, 11) is 1.68. The Morgan fingerprint density at radius 1 is 1.42 bits per heavy atom. The highest BCUT2D eigenvalue weighted by molar-refractivity contribution is 6.30. The van der Waals surface area contributed by atoms with Crippen molar-refractivity contribution in [2.75, 3.05) is 40.0 Å². The smallest absolute Gasteiger partial charge is 0.230 e. The molecule has 0 radical (unpaired) electrons. The minimum Gasteiger partial charge on any atom is -0.496 e. The van der Waals surface area contributed by atoms with Gasteiger partial charge in [-0.2, -0.15) is 0 Å². The zero-order valence-electron chi connectivity index (χ0n) is 15.5. The van der Waals surface area contributed by atoms with E-state index in [9.17, 15) is 4.79 Å². The van der Waals surface area contributed by atoms with Gasteiger partial charge >= 0.3 is 0 Å². The lowest BCUT2D eigenvalue weighted by Crippen LogP contribution is -2.53. The SMILES string of the molecule is COc1ccc(Cl)cc1CC1CCCN(C(=O)C2(CN)CCOCC2)C1. The highest BCUT2D eigenvalue weighted by Gasteiger charge is 2.42. The molecule has 0 bridgehead atoms. The Labute approximate surface area is 160 Å². The van der Waals surface area contributed by atoms with Crippen molar-refractivity contribution in [3.05, 3.63) is 28.8 Å². The Balaban J connectivity index is 1.69. The lowest BCUT2D eigenvalue weighted by molar-refractivity contribution is -0.149. The van der Waals surface area contributed by atoms with E-state index < -0.39 is 5.41 Å². The zero-order chi connectivity index (χ0) is 18.6. The quantitative estimate of drug-likeness (QED) is 0.853. The van der Waals surface area contributed by atoms with Crippen LogP contribution in [0.5, 0.6) is 5.75 Å². The number of benzene rings is 1. The number of methoxy groups -OCH3 is 1. The molecule has 0 spiro atoms. The number of halogens is 1. The summed E-state index contributed by atoms with van der Waals surface area (Å²) in [5.74, 6) is 1.49. The summed E-state index contributed by atoms with van der Waals surface area (Å²) in [5, 5.41) is 0.717. The minimum atomic E-state index is -0.437. The molecule has 0 saturated carbocycles. The Morgan fingerprint density at radius 3 is 2.88 bits per heavy atom. The highest BCUT2D eigenvalue weighted by atomic mass is 35.5. The van der Waals surface area contributed by atoms with Crippen molar-refractivity contribution in [1.29, 1.82) is 0 Å². The average Bonchev–Trinajstić information content (AvgIpc) is 2.68. The summed E-state index contributed by atoms with van der Waals surface area (Å²) in [6.07, 6.45) is 4.46. The van der Waals surface area contributed by atoms with Crippen LogP contribution in [-0.4, -0.2) is 50.8 Å². The number of piperidine rings is 1. The van der Waals surface area contributed by atoms with Crippen molar-refractivity contribution in [3.8, 4) is 5.75 Å². The van der Waals surface area contributed by atoms with E-state index in [1.54, 1.807) is 7.11 Å². The van der Waals surface area contributed by atoms with Gasteiger partial charge in [-0.1, -0.05) is 11.6 Å². The van der Waals surface area contributed by atoms with Gasteiger partial charge < -0.3 is 20.1 Å². The standard InChI is InChI=1S/C20H29ClN2O3/c1-25-18-5-4-17(21)12-16(18)11-15-3-2-8-23(13-15)19(24)20(14-22)6-9-26-10-7-20/h4-5,12,15H,2-3,6-11,13-14,22H2,1H3. The van der Waals surface area contributed by atoms with Gasteiger partial charge in [0.1, 0.15) is 5.75 Å². The summed E-state index contributed by atoms with van der Waals surface area (Å²) in [4.78, 5) is 15.3. The average molecular weight is 381 g/mol. The molecule has 2 saturated heterocycles. The maximum atomic E-state index is 13.2. The molecule has 6 heteroatoms. The number of nitrogens with zero attached hydrogens (tertiary/aromatic N) is 1. The normalized spacial score (nSPS) is 22.9. The van der Waals surface area contributed by atoms with Crippen LogP contribution in [0.1, 0.15) is 31.2 Å². The lowest BCUT2D eigenvalue weighted by atomic mass is 9.78. The van der Waals surface area contributed by atoms with Crippen molar-refractivity contribution < 1.29 is 14.3 Å². The van der Waals surface area contributed by atoms with Crippen LogP contribution in [0.25, 0.3) is 0 Å². The number of likely N-dealkylation sites (tertiary alicyclic amines) is 1. The number of rotatable bonds is 5. The number of ether oxygens (including phenoxy) is 2. The largest absolute Gasteiger partial charge is 0.496 e. The maximum absolute atomic E-state index is 13.2. The first-order valence-corrected chi connectivity index (χ1v) is 9.85. The van der Waals surface area contributed by atoms with Gasteiger partial charge in [0.2, 0.25) is 5.91 Å². The van der Waals surface area contributed by atoms with Crippen LogP contribution < -0.4 is 10.5 Å². The molecule has 1 aromatic rings. The molecule has 2 heterocycles. The molecule has 0 aromatic heterocycles. The summed E-state index contributed by atoms with van der Waals surface area (Å²) < 4.78 is 10.9. The predicted molar refractivity (Wildman–Crippen MR) is 103 cm³/mol. The monoisotopic (exact) mass is 380 g/mol. The van der Waals surface area contributed by atoms with Gasteiger partial charge in [0, 0.05) is 37.9 Å². The van der Waals surface area contributed by atoms with Crippen LogP contribution in [0.4, 0.5) is 0 Å². The molecule has 1 atom stereocenters. The molecule has 2 N–H and O–H groups in total. The first kappa shape index (κ1) is 19.5. The lowest BCUT2D eigenvalue weighted by Gasteiger charge is -2.42. The van der Waals surface area contributed by atoms with Gasteiger partial charge in [0.25, 0.3) is 0 Å². The second-order valence-corrected chi connectivity index (χ2v) is 7.95. The van der Waals surface area contributed by atoms with Gasteiger partial charge in [-0.15, -0.1) is 0 Å². The van der Waals surface area contributed by atoms with E-state index in [4.69, 9.17) is 26.8 Å². The van der Waals surface area contributed by atoms with E-state index in [0.29, 0.717) is 30.7 Å². The molecule has 1 unspecified atom stereocenters. The van der Waals surface area contributed by atoms with Gasteiger partial charge in [-0.25, -0.2) is 0 Å². The first-order chi connectivity index (χ1) is 12.6. The van der Waals surface area contributed by atoms with Gasteiger partial charge in [-0.3, -0.25) is 4.79 Å². The van der Waals surface area contributed by atoms with E-state index in [2.05, 4.69) is 0 Å². The van der Waals surface area contributed by atoms with Crippen molar-refractivity contribution in [2.24, 2.45) is 17.1 Å². The molecular weight excluding hydrogens is 352 g/mol. The summed E-state index contributed by atoms with van der Waals surface area (Å²) in [6, 6.07) is 5.73. The molecule has 2 aliphatic rings. The molecular formula is C20H29ClN2O3. The Kier molecular flexibility index (Phi) is 6.43. The molecule has 0 aliphatic carbocycles. The third kappa shape index (κ3) is 4.16. The van der Waals surface area contributed by atoms with Crippen LogP contribution >= 0.6 is 11.6 Å². The molecule has 1 aromatic carbocycles. The van der Waals surface area contributed by atoms with Crippen LogP contribution in [0, 0.1) is 11.3 Å². The highest BCUT2D eigenvalue weighted by Crippen LogP contribution is 2.34. The van der Waals surface area contributed by atoms with E-state index in [-0.39, 0.29) is 5.91 Å². The number of hydrogen-bond donors (Lipinski definition) is 1. The molecule has 1 amide bonds. The fourth-order valence-corrected chi connectivity index (χ4v) is 4.43. The second-order valence-electron chi connectivity index (χ2n) is 7.52. The third-order valence-electron chi connectivity index (χ3n) is 5.85. The minimum absolute atomic E-state index is 0.214. The van der Waals surface area contributed by atoms with E-state index in [0.717, 1.165) is 56.5 Å². The summed E-state index contributed by atoms with van der Waals surface area (Å²) in [5.41, 5.74) is 6.70. The van der Waals surface area contributed by atoms with Crippen LogP contribution in [0.3, 0.4) is 0 Å². The Bertz CT molecular complexity index is 631. The number of carbonyl (C=O) groups is 1. The van der Waals surface area contributed by atoms with Crippen LogP contribution in [-0.2, 0) is 16.0 Å². The van der Waals surface area contributed by atoms with E-state index in [1.807, 2.05) is 23.1 Å². The van der Waals surface area contributed by atoms with E-state index in [1.165, 1.54) is 0 Å². The molecule has 2 aliphatic heterocycles. The summed E-state index contributed by atoms with van der Waals surface area (Å²) in [6.45, 7) is 3.25.